The van der Waals surface area contributed by atoms with Crippen LogP contribution in [-0.2, 0) is 0 Å². The summed E-state index contributed by atoms with van der Waals surface area (Å²) in [6, 6.07) is 0.293. The van der Waals surface area contributed by atoms with Gasteiger partial charge in [0.25, 0.3) is 0 Å². The molecule has 0 aliphatic heterocycles. The minimum atomic E-state index is -0.134. The highest BCUT2D eigenvalue weighted by Gasteiger charge is 2.23. The molecule has 1 aromatic heterocycles. The first-order valence-electron chi connectivity index (χ1n) is 5.45. The Morgan fingerprint density at radius 1 is 1.53 bits per heavy atom. The first kappa shape index (κ1) is 14.3. The SMILES string of the molecule is CCC(C)(CCCl)Nc1nc(OC)ncc1Cl. The summed E-state index contributed by atoms with van der Waals surface area (Å²) in [5.74, 6) is 1.16. The van der Waals surface area contributed by atoms with Crippen molar-refractivity contribution in [2.24, 2.45) is 0 Å². The molecule has 1 unspecified atom stereocenters. The molecular formula is C11H17Cl2N3O. The number of methoxy groups -OCH3 is 1. The zero-order chi connectivity index (χ0) is 12.9. The molecule has 0 amide bonds. The van der Waals surface area contributed by atoms with Gasteiger partial charge in [-0.15, -0.1) is 11.6 Å². The van der Waals surface area contributed by atoms with Crippen LogP contribution in [0.5, 0.6) is 6.01 Å². The lowest BCUT2D eigenvalue weighted by molar-refractivity contribution is 0.379. The van der Waals surface area contributed by atoms with Gasteiger partial charge in [-0.3, -0.25) is 0 Å². The molecule has 0 spiro atoms. The number of hydrogen-bond acceptors (Lipinski definition) is 4. The Hall–Kier alpha value is -0.740. The van der Waals surface area contributed by atoms with E-state index in [4.69, 9.17) is 27.9 Å². The topological polar surface area (TPSA) is 47.0 Å². The summed E-state index contributed by atoms with van der Waals surface area (Å²) < 4.78 is 4.97. The Morgan fingerprint density at radius 2 is 2.24 bits per heavy atom. The number of alkyl halides is 1. The molecule has 0 fully saturated rings. The summed E-state index contributed by atoms with van der Waals surface area (Å²) in [6.45, 7) is 4.17. The monoisotopic (exact) mass is 277 g/mol. The molecule has 0 saturated carbocycles. The summed E-state index contributed by atoms with van der Waals surface area (Å²) >= 11 is 11.8. The minimum Gasteiger partial charge on any atom is -0.467 e. The van der Waals surface area contributed by atoms with Crippen LogP contribution in [0.2, 0.25) is 5.02 Å². The molecule has 1 rings (SSSR count). The van der Waals surface area contributed by atoms with E-state index in [2.05, 4.69) is 29.1 Å². The molecule has 1 atom stereocenters. The van der Waals surface area contributed by atoms with Crippen molar-refractivity contribution in [2.75, 3.05) is 18.3 Å². The van der Waals surface area contributed by atoms with Gasteiger partial charge < -0.3 is 10.1 Å². The van der Waals surface area contributed by atoms with Crippen molar-refractivity contribution in [3.63, 3.8) is 0 Å². The Morgan fingerprint density at radius 3 is 2.76 bits per heavy atom. The van der Waals surface area contributed by atoms with Crippen molar-refractivity contribution in [2.45, 2.75) is 32.2 Å². The molecule has 0 aliphatic carbocycles. The van der Waals surface area contributed by atoms with E-state index in [0.29, 0.717) is 22.7 Å². The fraction of sp³-hybridized carbons (Fsp3) is 0.636. The highest BCUT2D eigenvalue weighted by Crippen LogP contribution is 2.27. The number of aromatic nitrogens is 2. The van der Waals surface area contributed by atoms with E-state index in [-0.39, 0.29) is 5.54 Å². The molecule has 0 radical (unpaired) electrons. The molecule has 96 valence electrons. The van der Waals surface area contributed by atoms with Crippen LogP contribution in [0.25, 0.3) is 0 Å². The highest BCUT2D eigenvalue weighted by molar-refractivity contribution is 6.32. The third-order valence-corrected chi connectivity index (χ3v) is 3.22. The molecule has 4 nitrogen and oxygen atoms in total. The molecule has 1 heterocycles. The van der Waals surface area contributed by atoms with Gasteiger partial charge in [0.1, 0.15) is 5.02 Å². The van der Waals surface area contributed by atoms with Crippen LogP contribution in [-0.4, -0.2) is 28.5 Å². The second-order valence-corrected chi connectivity index (χ2v) is 4.82. The van der Waals surface area contributed by atoms with Gasteiger partial charge in [-0.1, -0.05) is 18.5 Å². The summed E-state index contributed by atoms with van der Waals surface area (Å²) in [6.07, 6.45) is 3.27. The number of nitrogens with one attached hydrogen (secondary N) is 1. The normalized spacial score (nSPS) is 14.2. The van der Waals surface area contributed by atoms with Crippen LogP contribution in [0.4, 0.5) is 5.82 Å². The first-order valence-corrected chi connectivity index (χ1v) is 6.36. The lowest BCUT2D eigenvalue weighted by Gasteiger charge is -2.29. The van der Waals surface area contributed by atoms with Crippen molar-refractivity contribution in [1.82, 2.24) is 9.97 Å². The molecule has 0 bridgehead atoms. The minimum absolute atomic E-state index is 0.134. The summed E-state index contributed by atoms with van der Waals surface area (Å²) in [4.78, 5) is 8.11. The van der Waals surface area contributed by atoms with Crippen molar-refractivity contribution in [3.05, 3.63) is 11.2 Å². The zero-order valence-electron chi connectivity index (χ0n) is 10.3. The third kappa shape index (κ3) is 3.89. The van der Waals surface area contributed by atoms with Gasteiger partial charge in [-0.2, -0.15) is 4.98 Å². The average Bonchev–Trinajstić information content (AvgIpc) is 2.32. The largest absolute Gasteiger partial charge is 0.467 e. The van der Waals surface area contributed by atoms with Gasteiger partial charge in [0, 0.05) is 11.4 Å². The smallest absolute Gasteiger partial charge is 0.318 e. The lowest BCUT2D eigenvalue weighted by atomic mass is 9.95. The fourth-order valence-electron chi connectivity index (χ4n) is 1.36. The summed E-state index contributed by atoms with van der Waals surface area (Å²) in [5, 5.41) is 3.77. The van der Waals surface area contributed by atoms with Gasteiger partial charge in [0.05, 0.1) is 13.3 Å². The molecular weight excluding hydrogens is 261 g/mol. The van der Waals surface area contributed by atoms with Crippen molar-refractivity contribution >= 4 is 29.0 Å². The number of anilines is 1. The summed E-state index contributed by atoms with van der Waals surface area (Å²) in [7, 11) is 1.52. The van der Waals surface area contributed by atoms with Crippen LogP contribution in [0, 0.1) is 0 Å². The standard InChI is InChI=1S/C11H17Cl2N3O/c1-4-11(2,5-6-12)16-9-8(13)7-14-10(15-9)17-3/h7H,4-6H2,1-3H3,(H,14,15,16). The molecule has 0 aromatic carbocycles. The Bertz CT molecular complexity index is 376. The maximum absolute atomic E-state index is 6.04. The van der Waals surface area contributed by atoms with E-state index in [9.17, 15) is 0 Å². The van der Waals surface area contributed by atoms with Gasteiger partial charge in [-0.05, 0) is 19.8 Å². The highest BCUT2D eigenvalue weighted by atomic mass is 35.5. The third-order valence-electron chi connectivity index (χ3n) is 2.75. The van der Waals surface area contributed by atoms with Crippen molar-refractivity contribution in [3.8, 4) is 6.01 Å². The molecule has 0 saturated heterocycles. The van der Waals surface area contributed by atoms with E-state index in [1.807, 2.05) is 0 Å². The number of rotatable bonds is 6. The predicted octanol–water partition coefficient (Wildman–Crippen LogP) is 3.35. The molecule has 17 heavy (non-hydrogen) atoms. The first-order chi connectivity index (χ1) is 8.04. The zero-order valence-corrected chi connectivity index (χ0v) is 11.8. The molecule has 1 N–H and O–H groups in total. The predicted molar refractivity (Wildman–Crippen MR) is 71.2 cm³/mol. The number of halogens is 2. The quantitative estimate of drug-likeness (QED) is 0.811. The van der Waals surface area contributed by atoms with Crippen LogP contribution < -0.4 is 10.1 Å². The number of nitrogens with zero attached hydrogens (tertiary/aromatic N) is 2. The fourth-order valence-corrected chi connectivity index (χ4v) is 1.91. The van der Waals surface area contributed by atoms with E-state index in [0.717, 1.165) is 12.8 Å². The van der Waals surface area contributed by atoms with Gasteiger partial charge in [-0.25, -0.2) is 4.98 Å². The molecule has 6 heteroatoms. The average molecular weight is 278 g/mol. The van der Waals surface area contributed by atoms with Crippen LogP contribution in [0.15, 0.2) is 6.20 Å². The number of hydrogen-bond donors (Lipinski definition) is 1. The molecule has 1 aromatic rings. The maximum atomic E-state index is 6.04. The van der Waals surface area contributed by atoms with E-state index in [1.165, 1.54) is 13.3 Å². The number of ether oxygens (including phenoxy) is 1. The Balaban J connectivity index is 2.92. The van der Waals surface area contributed by atoms with Crippen molar-refractivity contribution < 1.29 is 4.74 Å². The Kier molecular flexibility index (Phi) is 5.28. The van der Waals surface area contributed by atoms with Crippen LogP contribution in [0.1, 0.15) is 26.7 Å². The molecule has 0 aliphatic rings. The van der Waals surface area contributed by atoms with Gasteiger partial charge in [0.15, 0.2) is 5.82 Å². The summed E-state index contributed by atoms with van der Waals surface area (Å²) in [5.41, 5.74) is -0.134. The van der Waals surface area contributed by atoms with Gasteiger partial charge >= 0.3 is 6.01 Å². The van der Waals surface area contributed by atoms with Crippen LogP contribution in [0.3, 0.4) is 0 Å². The maximum Gasteiger partial charge on any atom is 0.318 e. The van der Waals surface area contributed by atoms with E-state index in [1.54, 1.807) is 0 Å². The van der Waals surface area contributed by atoms with Crippen LogP contribution >= 0.6 is 23.2 Å². The lowest BCUT2D eigenvalue weighted by Crippen LogP contribution is -2.35. The second kappa shape index (κ2) is 6.26. The Labute approximate surface area is 112 Å². The van der Waals surface area contributed by atoms with Crippen molar-refractivity contribution in [1.29, 1.82) is 0 Å². The second-order valence-electron chi connectivity index (χ2n) is 4.03. The van der Waals surface area contributed by atoms with E-state index >= 15 is 0 Å². The van der Waals surface area contributed by atoms with Gasteiger partial charge in [0.2, 0.25) is 0 Å². The van der Waals surface area contributed by atoms with E-state index < -0.39 is 0 Å².